The maximum Gasteiger partial charge on any atom is 0.303 e. The smallest absolute Gasteiger partial charge is 0.303 e. The highest BCUT2D eigenvalue weighted by molar-refractivity contribution is 5.67. The van der Waals surface area contributed by atoms with Crippen LogP contribution >= 0.6 is 0 Å². The third-order valence-corrected chi connectivity index (χ3v) is 4.83. The van der Waals surface area contributed by atoms with E-state index in [-0.39, 0.29) is 24.3 Å². The Bertz CT molecular complexity index is 731. The number of hydrogen-bond donors (Lipinski definition) is 4. The van der Waals surface area contributed by atoms with Gasteiger partial charge in [-0.15, -0.1) is 0 Å². The number of rotatable bonds is 10. The minimum absolute atomic E-state index is 0.0337. The largest absolute Gasteiger partial charge is 0.508 e. The molecule has 0 saturated carbocycles. The van der Waals surface area contributed by atoms with Gasteiger partial charge >= 0.3 is 11.9 Å². The van der Waals surface area contributed by atoms with Gasteiger partial charge in [-0.2, -0.15) is 0 Å². The van der Waals surface area contributed by atoms with Crippen LogP contribution in [0.15, 0.2) is 48.5 Å². The van der Waals surface area contributed by atoms with Crippen LogP contribution in [0.2, 0.25) is 0 Å². The van der Waals surface area contributed by atoms with Crippen LogP contribution in [0.25, 0.3) is 0 Å². The topological polar surface area (TPSA) is 115 Å². The van der Waals surface area contributed by atoms with Crippen molar-refractivity contribution in [3.05, 3.63) is 59.7 Å². The van der Waals surface area contributed by atoms with Crippen LogP contribution in [0.3, 0.4) is 0 Å². The molecule has 0 spiro atoms. The summed E-state index contributed by atoms with van der Waals surface area (Å²) in [7, 11) is 0. The van der Waals surface area contributed by atoms with E-state index in [1.165, 1.54) is 0 Å². The SMILES string of the molecule is O=C(O)CCCC(CCCC(=O)O)(c1ccccc1O)c1ccccc1O. The Labute approximate surface area is 157 Å². The number of hydrogen-bond acceptors (Lipinski definition) is 4. The molecule has 0 amide bonds. The number of phenolic OH excluding ortho intramolecular Hbond substituents is 2. The summed E-state index contributed by atoms with van der Waals surface area (Å²) in [6, 6.07) is 13.5. The molecular weight excluding hydrogens is 348 g/mol. The fraction of sp³-hybridized carbons (Fsp3) is 0.333. The lowest BCUT2D eigenvalue weighted by Gasteiger charge is -2.36. The van der Waals surface area contributed by atoms with Crippen molar-refractivity contribution in [2.75, 3.05) is 0 Å². The highest BCUT2D eigenvalue weighted by Gasteiger charge is 2.37. The predicted octanol–water partition coefficient (Wildman–Crippen LogP) is 3.89. The second-order valence-corrected chi connectivity index (χ2v) is 6.61. The molecule has 0 fully saturated rings. The van der Waals surface area contributed by atoms with Crippen molar-refractivity contribution in [1.29, 1.82) is 0 Å². The molecule has 2 aromatic rings. The molecule has 27 heavy (non-hydrogen) atoms. The van der Waals surface area contributed by atoms with Crippen molar-refractivity contribution in [2.45, 2.75) is 43.9 Å². The van der Waals surface area contributed by atoms with E-state index in [4.69, 9.17) is 10.2 Å². The Morgan fingerprint density at radius 1 is 0.704 bits per heavy atom. The van der Waals surface area contributed by atoms with Gasteiger partial charge in [0.25, 0.3) is 0 Å². The summed E-state index contributed by atoms with van der Waals surface area (Å²) in [6.45, 7) is 0. The summed E-state index contributed by atoms with van der Waals surface area (Å²) in [6.07, 6.45) is 1.25. The molecule has 144 valence electrons. The lowest BCUT2D eigenvalue weighted by atomic mass is 9.67. The summed E-state index contributed by atoms with van der Waals surface area (Å²) < 4.78 is 0. The van der Waals surface area contributed by atoms with Gasteiger partial charge in [0, 0.05) is 29.4 Å². The van der Waals surface area contributed by atoms with Crippen molar-refractivity contribution in [3.8, 4) is 11.5 Å². The number of aromatic hydroxyl groups is 2. The molecule has 0 bridgehead atoms. The third-order valence-electron chi connectivity index (χ3n) is 4.83. The molecule has 0 radical (unpaired) electrons. The van der Waals surface area contributed by atoms with Crippen molar-refractivity contribution < 1.29 is 30.0 Å². The van der Waals surface area contributed by atoms with E-state index in [1.54, 1.807) is 48.5 Å². The van der Waals surface area contributed by atoms with E-state index in [2.05, 4.69) is 0 Å². The van der Waals surface area contributed by atoms with Gasteiger partial charge in [0.2, 0.25) is 0 Å². The molecule has 0 aliphatic rings. The standard InChI is InChI=1S/C21H24O6/c22-17-9-3-1-7-15(17)21(13-5-11-19(24)25,14-6-12-20(26)27)16-8-2-4-10-18(16)23/h1-4,7-10,22-23H,5-6,11-14H2,(H,24,25)(H,26,27). The van der Waals surface area contributed by atoms with E-state index in [0.717, 1.165) is 0 Å². The van der Waals surface area contributed by atoms with Crippen LogP contribution < -0.4 is 0 Å². The van der Waals surface area contributed by atoms with Gasteiger partial charge in [0.05, 0.1) is 0 Å². The molecule has 2 rings (SSSR count). The second-order valence-electron chi connectivity index (χ2n) is 6.61. The van der Waals surface area contributed by atoms with Gasteiger partial charge in [0.1, 0.15) is 11.5 Å². The number of phenols is 2. The zero-order valence-corrected chi connectivity index (χ0v) is 15.0. The molecule has 0 aromatic heterocycles. The van der Waals surface area contributed by atoms with Crippen molar-refractivity contribution in [2.24, 2.45) is 0 Å². The molecule has 4 N–H and O–H groups in total. The summed E-state index contributed by atoms with van der Waals surface area (Å²) in [5.41, 5.74) is 0.228. The van der Waals surface area contributed by atoms with Crippen molar-refractivity contribution in [1.82, 2.24) is 0 Å². The third kappa shape index (κ3) is 5.00. The first-order valence-corrected chi connectivity index (χ1v) is 8.87. The van der Waals surface area contributed by atoms with Crippen LogP contribution in [0, 0.1) is 0 Å². The molecule has 0 unspecified atom stereocenters. The molecule has 0 saturated heterocycles. The summed E-state index contributed by atoms with van der Waals surface area (Å²) in [5.74, 6) is -1.79. The Morgan fingerprint density at radius 2 is 1.07 bits per heavy atom. The Hall–Kier alpha value is -3.02. The lowest BCUT2D eigenvalue weighted by molar-refractivity contribution is -0.138. The van der Waals surface area contributed by atoms with E-state index in [1.807, 2.05) is 0 Å². The zero-order chi connectivity index (χ0) is 19.9. The quantitative estimate of drug-likeness (QED) is 0.503. The molecule has 2 aromatic carbocycles. The fourth-order valence-electron chi connectivity index (χ4n) is 3.65. The lowest BCUT2D eigenvalue weighted by Crippen LogP contribution is -2.29. The number of aliphatic carboxylic acids is 2. The minimum Gasteiger partial charge on any atom is -0.508 e. The molecule has 0 heterocycles. The number of carboxylic acid groups (broad SMARTS) is 2. The Morgan fingerprint density at radius 3 is 1.41 bits per heavy atom. The number of carboxylic acids is 2. The van der Waals surface area contributed by atoms with E-state index >= 15 is 0 Å². The maximum absolute atomic E-state index is 11.0. The van der Waals surface area contributed by atoms with E-state index in [0.29, 0.717) is 36.8 Å². The highest BCUT2D eigenvalue weighted by Crippen LogP contribution is 2.47. The van der Waals surface area contributed by atoms with Crippen LogP contribution in [0.5, 0.6) is 11.5 Å². The Balaban J connectivity index is 2.56. The first-order valence-electron chi connectivity index (χ1n) is 8.87. The minimum atomic E-state index is -0.927. The van der Waals surface area contributed by atoms with Gasteiger partial charge in [-0.05, 0) is 37.8 Å². The average molecular weight is 372 g/mol. The van der Waals surface area contributed by atoms with E-state index < -0.39 is 17.4 Å². The van der Waals surface area contributed by atoms with Gasteiger partial charge in [-0.3, -0.25) is 9.59 Å². The Kier molecular flexibility index (Phi) is 6.82. The van der Waals surface area contributed by atoms with Gasteiger partial charge in [0.15, 0.2) is 0 Å². The van der Waals surface area contributed by atoms with Gasteiger partial charge in [-0.1, -0.05) is 36.4 Å². The zero-order valence-electron chi connectivity index (χ0n) is 15.0. The first-order chi connectivity index (χ1) is 12.9. The normalized spacial score (nSPS) is 11.3. The van der Waals surface area contributed by atoms with Crippen molar-refractivity contribution in [3.63, 3.8) is 0 Å². The van der Waals surface area contributed by atoms with Crippen LogP contribution in [0.4, 0.5) is 0 Å². The van der Waals surface area contributed by atoms with Crippen LogP contribution in [-0.2, 0) is 15.0 Å². The summed E-state index contributed by atoms with van der Waals surface area (Å²) in [5, 5.41) is 39.1. The number of para-hydroxylation sites is 2. The van der Waals surface area contributed by atoms with Crippen LogP contribution in [-0.4, -0.2) is 32.4 Å². The summed E-state index contributed by atoms with van der Waals surface area (Å²) in [4.78, 5) is 22.0. The van der Waals surface area contributed by atoms with E-state index in [9.17, 15) is 19.8 Å². The number of carbonyl (C=O) groups is 2. The second kappa shape index (κ2) is 9.07. The number of benzene rings is 2. The molecular formula is C21H24O6. The molecule has 0 aliphatic heterocycles. The molecule has 0 atom stereocenters. The fourth-order valence-corrected chi connectivity index (χ4v) is 3.65. The van der Waals surface area contributed by atoms with Crippen molar-refractivity contribution >= 4 is 11.9 Å². The molecule has 6 heteroatoms. The first kappa shape index (κ1) is 20.3. The molecule has 0 aliphatic carbocycles. The van der Waals surface area contributed by atoms with Gasteiger partial charge in [-0.25, -0.2) is 0 Å². The maximum atomic E-state index is 11.0. The molecule has 6 nitrogen and oxygen atoms in total. The average Bonchev–Trinajstić information content (AvgIpc) is 2.61. The van der Waals surface area contributed by atoms with Crippen LogP contribution in [0.1, 0.15) is 49.7 Å². The highest BCUT2D eigenvalue weighted by atomic mass is 16.4. The monoisotopic (exact) mass is 372 g/mol. The van der Waals surface area contributed by atoms with Gasteiger partial charge < -0.3 is 20.4 Å². The summed E-state index contributed by atoms with van der Waals surface area (Å²) >= 11 is 0. The predicted molar refractivity (Wildman–Crippen MR) is 100.0 cm³/mol.